The molecule has 1 heterocycles. The van der Waals surface area contributed by atoms with Crippen LogP contribution in [0.3, 0.4) is 0 Å². The van der Waals surface area contributed by atoms with E-state index in [0.717, 1.165) is 17.7 Å². The van der Waals surface area contributed by atoms with Gasteiger partial charge in [0.2, 0.25) is 0 Å². The number of alkyl halides is 3. The van der Waals surface area contributed by atoms with E-state index in [1.165, 1.54) is 0 Å². The van der Waals surface area contributed by atoms with Crippen molar-refractivity contribution in [3.05, 3.63) is 50.7 Å². The maximum absolute atomic E-state index is 13.5. The average molecular weight is 411 g/mol. The van der Waals surface area contributed by atoms with Crippen LogP contribution in [0.4, 0.5) is 18.9 Å². The second-order valence-corrected chi connectivity index (χ2v) is 9.02. The van der Waals surface area contributed by atoms with Crippen LogP contribution in [0.2, 0.25) is 0 Å². The number of hydrogen-bond acceptors (Lipinski definition) is 4. The van der Waals surface area contributed by atoms with Crippen molar-refractivity contribution in [3.8, 4) is 0 Å². The Hall–Kier alpha value is -1.86. The summed E-state index contributed by atoms with van der Waals surface area (Å²) < 4.78 is 40.6. The van der Waals surface area contributed by atoms with Crippen molar-refractivity contribution < 1.29 is 23.1 Å². The number of nitrogens with one attached hydrogen (secondary N) is 1. The molecule has 0 atom stereocenters. The fraction of sp³-hybridized carbons (Fsp3) is 0.476. The van der Waals surface area contributed by atoms with Gasteiger partial charge in [-0.3, -0.25) is 4.79 Å². The van der Waals surface area contributed by atoms with Gasteiger partial charge in [0.15, 0.2) is 5.78 Å². The number of rotatable bonds is 6. The van der Waals surface area contributed by atoms with E-state index in [1.807, 2.05) is 26.0 Å². The Morgan fingerprint density at radius 3 is 2.50 bits per heavy atom. The number of Topliss-reactive ketones (excluding diaryl/α,β-unsaturated/α-hetero) is 1. The third-order valence-corrected chi connectivity index (χ3v) is 6.50. The highest BCUT2D eigenvalue weighted by molar-refractivity contribution is 7.14. The molecule has 3 rings (SSSR count). The van der Waals surface area contributed by atoms with Crippen molar-refractivity contribution in [1.82, 2.24) is 0 Å². The molecule has 2 aromatic rings. The molecule has 0 unspecified atom stereocenters. The summed E-state index contributed by atoms with van der Waals surface area (Å²) in [4.78, 5) is 12.3. The Bertz CT molecular complexity index is 854. The zero-order chi connectivity index (χ0) is 20.5. The van der Waals surface area contributed by atoms with Crippen LogP contribution in [0, 0.1) is 5.41 Å². The van der Waals surface area contributed by atoms with Crippen molar-refractivity contribution >= 4 is 22.8 Å². The average Bonchev–Trinajstić information content (AvgIpc) is 2.99. The predicted octanol–water partition coefficient (Wildman–Crippen LogP) is 5.11. The Morgan fingerprint density at radius 1 is 1.21 bits per heavy atom. The fourth-order valence-electron chi connectivity index (χ4n) is 3.62. The third kappa shape index (κ3) is 4.58. The zero-order valence-electron chi connectivity index (χ0n) is 15.9. The molecule has 0 fully saturated rings. The molecule has 1 aliphatic carbocycles. The smallest absolute Gasteiger partial charge is 0.396 e. The molecule has 0 saturated carbocycles. The summed E-state index contributed by atoms with van der Waals surface area (Å²) in [5, 5.41) is 11.9. The highest BCUT2D eigenvalue weighted by Gasteiger charge is 2.42. The van der Waals surface area contributed by atoms with Gasteiger partial charge >= 0.3 is 6.18 Å². The van der Waals surface area contributed by atoms with Gasteiger partial charge in [-0.05, 0) is 59.9 Å². The Kier molecular flexibility index (Phi) is 5.87. The summed E-state index contributed by atoms with van der Waals surface area (Å²) in [7, 11) is 0. The van der Waals surface area contributed by atoms with Gasteiger partial charge in [0.1, 0.15) is 4.88 Å². The van der Waals surface area contributed by atoms with Crippen LogP contribution in [0.25, 0.3) is 0 Å². The normalized spacial score (nSPS) is 15.9. The first-order chi connectivity index (χ1) is 13.1. The number of aliphatic hydroxyl groups excluding tert-OH is 1. The molecule has 152 valence electrons. The van der Waals surface area contributed by atoms with Crippen LogP contribution in [-0.4, -0.2) is 24.0 Å². The Morgan fingerprint density at radius 2 is 1.89 bits per heavy atom. The van der Waals surface area contributed by atoms with Crippen molar-refractivity contribution in [1.29, 1.82) is 0 Å². The van der Waals surface area contributed by atoms with Gasteiger partial charge in [0.25, 0.3) is 0 Å². The third-order valence-electron chi connectivity index (χ3n) is 5.14. The maximum Gasteiger partial charge on any atom is 0.425 e. The lowest BCUT2D eigenvalue weighted by Gasteiger charge is -2.30. The summed E-state index contributed by atoms with van der Waals surface area (Å²) in [6.07, 6.45) is -2.26. The molecule has 28 heavy (non-hydrogen) atoms. The number of anilines is 1. The molecular formula is C21H24F3NO2S. The zero-order valence-corrected chi connectivity index (χ0v) is 16.8. The minimum Gasteiger partial charge on any atom is -0.396 e. The molecule has 3 nitrogen and oxygen atoms in total. The molecular weight excluding hydrogens is 387 g/mol. The monoisotopic (exact) mass is 411 g/mol. The number of fused-ring (bicyclic) bond motifs is 1. The standard InChI is InChI=1S/C21H24F3NO2S/c1-20(2)9-7-15-16(11-20)19(21(22,23)24)28-18(15)17(27)12-25-14-5-3-13(4-6-14)8-10-26/h3-6,25-26H,7-12H2,1-2H3. The largest absolute Gasteiger partial charge is 0.425 e. The topological polar surface area (TPSA) is 49.3 Å². The summed E-state index contributed by atoms with van der Waals surface area (Å²) in [5.41, 5.74) is 2.40. The minimum atomic E-state index is -4.43. The number of benzene rings is 1. The Labute approximate surface area is 166 Å². The lowest BCUT2D eigenvalue weighted by atomic mass is 9.74. The van der Waals surface area contributed by atoms with E-state index in [9.17, 15) is 18.0 Å². The summed E-state index contributed by atoms with van der Waals surface area (Å²) in [5.74, 6) is -0.309. The van der Waals surface area contributed by atoms with Crippen molar-refractivity contribution in [2.45, 2.75) is 45.7 Å². The highest BCUT2D eigenvalue weighted by Crippen LogP contribution is 2.47. The lowest BCUT2D eigenvalue weighted by molar-refractivity contribution is -0.135. The van der Waals surface area contributed by atoms with Crippen LogP contribution in [-0.2, 0) is 25.4 Å². The van der Waals surface area contributed by atoms with Gasteiger partial charge in [-0.2, -0.15) is 13.2 Å². The van der Waals surface area contributed by atoms with Crippen LogP contribution >= 0.6 is 11.3 Å². The van der Waals surface area contributed by atoms with Crippen molar-refractivity contribution in [2.75, 3.05) is 18.5 Å². The number of thiophene rings is 1. The number of halogens is 3. The molecule has 1 aliphatic rings. The SMILES string of the molecule is CC1(C)CCc2c(C(=O)CNc3ccc(CCO)cc3)sc(C(F)(F)F)c2C1. The lowest BCUT2D eigenvalue weighted by Crippen LogP contribution is -2.24. The van der Waals surface area contributed by atoms with E-state index in [4.69, 9.17) is 5.11 Å². The quantitative estimate of drug-likeness (QED) is 0.650. The second kappa shape index (κ2) is 7.87. The Balaban J connectivity index is 1.79. The first-order valence-electron chi connectivity index (χ1n) is 9.29. The molecule has 0 amide bonds. The van der Waals surface area contributed by atoms with E-state index in [1.54, 1.807) is 12.1 Å². The van der Waals surface area contributed by atoms with Gasteiger partial charge in [-0.1, -0.05) is 26.0 Å². The van der Waals surface area contributed by atoms with E-state index in [-0.39, 0.29) is 29.2 Å². The first-order valence-corrected chi connectivity index (χ1v) is 10.1. The molecule has 0 aliphatic heterocycles. The molecule has 2 N–H and O–H groups in total. The van der Waals surface area contributed by atoms with E-state index in [0.29, 0.717) is 41.7 Å². The van der Waals surface area contributed by atoms with Gasteiger partial charge < -0.3 is 10.4 Å². The van der Waals surface area contributed by atoms with Crippen LogP contribution in [0.5, 0.6) is 0 Å². The molecule has 0 bridgehead atoms. The first kappa shape index (κ1) is 20.9. The summed E-state index contributed by atoms with van der Waals surface area (Å²) in [6.45, 7) is 3.95. The number of aliphatic hydroxyl groups is 1. The van der Waals surface area contributed by atoms with Gasteiger partial charge in [0.05, 0.1) is 11.4 Å². The van der Waals surface area contributed by atoms with Gasteiger partial charge in [-0.15, -0.1) is 11.3 Å². The maximum atomic E-state index is 13.5. The van der Waals surface area contributed by atoms with Gasteiger partial charge in [-0.25, -0.2) is 0 Å². The summed E-state index contributed by atoms with van der Waals surface area (Å²) >= 11 is 0.593. The second-order valence-electron chi connectivity index (χ2n) is 8.00. The molecule has 1 aromatic heterocycles. The number of carbonyl (C=O) groups is 1. The fourth-order valence-corrected chi connectivity index (χ4v) is 4.79. The molecule has 1 aromatic carbocycles. The predicted molar refractivity (Wildman–Crippen MR) is 105 cm³/mol. The number of carbonyl (C=O) groups excluding carboxylic acids is 1. The van der Waals surface area contributed by atoms with Crippen molar-refractivity contribution in [2.24, 2.45) is 5.41 Å². The summed E-state index contributed by atoms with van der Waals surface area (Å²) in [6, 6.07) is 7.29. The highest BCUT2D eigenvalue weighted by atomic mass is 32.1. The van der Waals surface area contributed by atoms with E-state index < -0.39 is 11.1 Å². The van der Waals surface area contributed by atoms with Crippen LogP contribution in [0.15, 0.2) is 24.3 Å². The number of ketones is 1. The van der Waals surface area contributed by atoms with Gasteiger partial charge in [0, 0.05) is 12.3 Å². The molecule has 0 saturated heterocycles. The molecule has 7 heteroatoms. The molecule has 0 spiro atoms. The minimum absolute atomic E-state index is 0.0486. The number of hydrogen-bond donors (Lipinski definition) is 2. The van der Waals surface area contributed by atoms with E-state index >= 15 is 0 Å². The van der Waals surface area contributed by atoms with Crippen molar-refractivity contribution in [3.63, 3.8) is 0 Å². The van der Waals surface area contributed by atoms with Crippen LogP contribution < -0.4 is 5.32 Å². The van der Waals surface area contributed by atoms with Crippen LogP contribution in [0.1, 0.15) is 51.5 Å². The van der Waals surface area contributed by atoms with E-state index in [2.05, 4.69) is 5.32 Å². The molecule has 0 radical (unpaired) electrons.